The minimum absolute atomic E-state index is 0.696. The predicted octanol–water partition coefficient (Wildman–Crippen LogP) is 4.00. The third-order valence-corrected chi connectivity index (χ3v) is 3.09. The molecule has 0 spiro atoms. The molecular weight excluding hydrogens is 246 g/mol. The van der Waals surface area contributed by atoms with Crippen LogP contribution in [0.4, 0.5) is 5.82 Å². The lowest BCUT2D eigenvalue weighted by Crippen LogP contribution is -1.89. The lowest BCUT2D eigenvalue weighted by Gasteiger charge is -2.00. The molecule has 98 valence electrons. The average molecular weight is 261 g/mol. The van der Waals surface area contributed by atoms with Crippen LogP contribution in [0.2, 0.25) is 0 Å². The maximum atomic E-state index is 4.57. The molecule has 0 radical (unpaired) electrons. The van der Waals surface area contributed by atoms with Gasteiger partial charge in [0.25, 0.3) is 0 Å². The van der Waals surface area contributed by atoms with Crippen molar-refractivity contribution >= 4 is 22.9 Å². The lowest BCUT2D eigenvalue weighted by molar-refractivity contribution is 1.23. The summed E-state index contributed by atoms with van der Waals surface area (Å²) in [5.74, 6) is 0.696. The van der Waals surface area contributed by atoms with Gasteiger partial charge in [0.05, 0.1) is 17.4 Å². The van der Waals surface area contributed by atoms with E-state index in [2.05, 4.69) is 40.1 Å². The number of pyridine rings is 2. The summed E-state index contributed by atoms with van der Waals surface area (Å²) >= 11 is 0. The number of fused-ring (bicyclic) bond motifs is 1. The summed E-state index contributed by atoms with van der Waals surface area (Å²) in [5.41, 5.74) is 4.19. The Hall–Kier alpha value is -2.55. The number of rotatable bonds is 2. The number of aromatic nitrogens is 2. The molecule has 0 aliphatic carbocycles. The molecule has 3 nitrogen and oxygen atoms in total. The van der Waals surface area contributed by atoms with Crippen LogP contribution in [0.25, 0.3) is 10.9 Å². The van der Waals surface area contributed by atoms with Crippen LogP contribution in [-0.2, 0) is 0 Å². The van der Waals surface area contributed by atoms with Crippen molar-refractivity contribution in [2.24, 2.45) is 4.99 Å². The molecule has 0 amide bonds. The summed E-state index contributed by atoms with van der Waals surface area (Å²) in [6.45, 7) is 4.09. The van der Waals surface area contributed by atoms with E-state index in [0.29, 0.717) is 5.82 Å². The van der Waals surface area contributed by atoms with E-state index in [0.717, 1.165) is 22.2 Å². The van der Waals surface area contributed by atoms with Crippen LogP contribution in [0.1, 0.15) is 16.8 Å². The van der Waals surface area contributed by atoms with Gasteiger partial charge in [0.2, 0.25) is 0 Å². The third kappa shape index (κ3) is 2.72. The predicted molar refractivity (Wildman–Crippen MR) is 82.7 cm³/mol. The molecule has 0 saturated carbocycles. The molecule has 0 fully saturated rings. The zero-order valence-electron chi connectivity index (χ0n) is 11.5. The van der Waals surface area contributed by atoms with E-state index in [4.69, 9.17) is 0 Å². The van der Waals surface area contributed by atoms with Crippen molar-refractivity contribution in [2.45, 2.75) is 13.8 Å². The molecule has 0 N–H and O–H groups in total. The maximum Gasteiger partial charge on any atom is 0.151 e. The van der Waals surface area contributed by atoms with Crippen LogP contribution < -0.4 is 0 Å². The van der Waals surface area contributed by atoms with Gasteiger partial charge in [0.1, 0.15) is 0 Å². The monoisotopic (exact) mass is 261 g/mol. The molecule has 20 heavy (non-hydrogen) atoms. The summed E-state index contributed by atoms with van der Waals surface area (Å²) < 4.78 is 0. The van der Waals surface area contributed by atoms with Gasteiger partial charge < -0.3 is 0 Å². The van der Waals surface area contributed by atoms with Crippen LogP contribution in [0.15, 0.2) is 53.7 Å². The number of benzene rings is 1. The Bertz CT molecular complexity index is 774. The maximum absolute atomic E-state index is 4.57. The van der Waals surface area contributed by atoms with Crippen LogP contribution in [-0.4, -0.2) is 16.2 Å². The lowest BCUT2D eigenvalue weighted by atomic mass is 10.1. The fourth-order valence-corrected chi connectivity index (χ4v) is 2.00. The molecule has 3 rings (SSSR count). The Morgan fingerprint density at radius 1 is 0.950 bits per heavy atom. The molecule has 1 aromatic carbocycles. The third-order valence-electron chi connectivity index (χ3n) is 3.09. The van der Waals surface area contributed by atoms with Crippen LogP contribution in [0.3, 0.4) is 0 Å². The Labute approximate surface area is 118 Å². The first kappa shape index (κ1) is 12.5. The van der Waals surface area contributed by atoms with Gasteiger partial charge in [-0.2, -0.15) is 0 Å². The van der Waals surface area contributed by atoms with Crippen LogP contribution in [0, 0.1) is 13.8 Å². The highest BCUT2D eigenvalue weighted by molar-refractivity contribution is 5.86. The van der Waals surface area contributed by atoms with E-state index in [1.807, 2.05) is 37.4 Å². The molecule has 0 atom stereocenters. The zero-order valence-corrected chi connectivity index (χ0v) is 11.5. The molecule has 2 aromatic heterocycles. The summed E-state index contributed by atoms with van der Waals surface area (Å²) in [7, 11) is 0. The molecule has 0 bridgehead atoms. The van der Waals surface area contributed by atoms with Gasteiger partial charge in [-0.1, -0.05) is 23.8 Å². The summed E-state index contributed by atoms with van der Waals surface area (Å²) in [5, 5.41) is 1.15. The Kier molecular flexibility index (Phi) is 3.25. The van der Waals surface area contributed by atoms with Gasteiger partial charge >= 0.3 is 0 Å². The van der Waals surface area contributed by atoms with E-state index in [9.17, 15) is 0 Å². The average Bonchev–Trinajstić information content (AvgIpc) is 2.46. The van der Waals surface area contributed by atoms with Gasteiger partial charge in [-0.05, 0) is 43.7 Å². The SMILES string of the molecule is Cc1ccc(N=Cc2ccc3cc(C)ccc3n2)nc1. The molecule has 0 aliphatic heterocycles. The topological polar surface area (TPSA) is 38.1 Å². The number of aryl methyl sites for hydroxylation is 2. The fraction of sp³-hybridized carbons (Fsp3) is 0.118. The van der Waals surface area contributed by atoms with Gasteiger partial charge in [-0.15, -0.1) is 0 Å². The molecule has 0 saturated heterocycles. The van der Waals surface area contributed by atoms with Gasteiger partial charge in [0.15, 0.2) is 5.82 Å². The number of aliphatic imine (C=N–C) groups is 1. The van der Waals surface area contributed by atoms with Crippen LogP contribution in [0.5, 0.6) is 0 Å². The smallest absolute Gasteiger partial charge is 0.151 e. The quantitative estimate of drug-likeness (QED) is 0.654. The van der Waals surface area contributed by atoms with E-state index >= 15 is 0 Å². The van der Waals surface area contributed by atoms with Gasteiger partial charge in [0, 0.05) is 11.6 Å². The van der Waals surface area contributed by atoms with Crippen molar-refractivity contribution in [1.82, 2.24) is 9.97 Å². The molecular formula is C17H15N3. The van der Waals surface area contributed by atoms with Gasteiger partial charge in [-0.3, -0.25) is 0 Å². The van der Waals surface area contributed by atoms with Crippen molar-refractivity contribution in [3.63, 3.8) is 0 Å². The highest BCUT2D eigenvalue weighted by Crippen LogP contribution is 2.14. The molecule has 0 unspecified atom stereocenters. The summed E-state index contributed by atoms with van der Waals surface area (Å²) in [4.78, 5) is 13.2. The summed E-state index contributed by atoms with van der Waals surface area (Å²) in [6.07, 6.45) is 3.56. The van der Waals surface area contributed by atoms with Crippen LogP contribution >= 0.6 is 0 Å². The van der Waals surface area contributed by atoms with Crippen molar-refractivity contribution in [1.29, 1.82) is 0 Å². The van der Waals surface area contributed by atoms with Gasteiger partial charge in [-0.25, -0.2) is 15.0 Å². The fourth-order valence-electron chi connectivity index (χ4n) is 2.00. The van der Waals surface area contributed by atoms with Crippen molar-refractivity contribution in [3.8, 4) is 0 Å². The number of nitrogens with zero attached hydrogens (tertiary/aromatic N) is 3. The summed E-state index contributed by atoms with van der Waals surface area (Å²) in [6, 6.07) is 14.2. The van der Waals surface area contributed by atoms with E-state index in [1.54, 1.807) is 6.21 Å². The van der Waals surface area contributed by atoms with Crippen molar-refractivity contribution < 1.29 is 0 Å². The molecule has 0 aliphatic rings. The second kappa shape index (κ2) is 5.21. The first-order valence-corrected chi connectivity index (χ1v) is 6.55. The standard InChI is InChI=1S/C17H15N3/c1-12-3-7-16-14(9-12)5-6-15(20-16)11-19-17-8-4-13(2)10-18-17/h3-11H,1-2H3. The molecule has 2 heterocycles. The number of hydrogen-bond acceptors (Lipinski definition) is 3. The largest absolute Gasteiger partial charge is 0.247 e. The van der Waals surface area contributed by atoms with Crippen molar-refractivity contribution in [3.05, 3.63) is 65.5 Å². The first-order valence-electron chi connectivity index (χ1n) is 6.55. The minimum Gasteiger partial charge on any atom is -0.247 e. The Morgan fingerprint density at radius 3 is 2.60 bits per heavy atom. The van der Waals surface area contributed by atoms with Crippen molar-refractivity contribution in [2.75, 3.05) is 0 Å². The van der Waals surface area contributed by atoms with E-state index < -0.39 is 0 Å². The Balaban J connectivity index is 1.90. The second-order valence-electron chi connectivity index (χ2n) is 4.88. The first-order chi connectivity index (χ1) is 9.70. The molecule has 3 heteroatoms. The second-order valence-corrected chi connectivity index (χ2v) is 4.88. The number of hydrogen-bond donors (Lipinski definition) is 0. The van der Waals surface area contributed by atoms with E-state index in [1.165, 1.54) is 5.56 Å². The highest BCUT2D eigenvalue weighted by Gasteiger charge is 1.97. The minimum atomic E-state index is 0.696. The normalized spacial score (nSPS) is 11.3. The Morgan fingerprint density at radius 2 is 1.80 bits per heavy atom. The highest BCUT2D eigenvalue weighted by atomic mass is 14.9. The zero-order chi connectivity index (χ0) is 13.9. The molecule has 3 aromatic rings. The van der Waals surface area contributed by atoms with E-state index in [-0.39, 0.29) is 0 Å².